The van der Waals surface area contributed by atoms with E-state index < -0.39 is 15.2 Å². The minimum atomic E-state index is -3.93. The van der Waals surface area contributed by atoms with E-state index in [0.717, 1.165) is 0 Å². The average Bonchev–Trinajstić information content (AvgIpc) is 2.51. The summed E-state index contributed by atoms with van der Waals surface area (Å²) < 4.78 is 47.2. The third-order valence-electron chi connectivity index (χ3n) is 2.73. The highest BCUT2D eigenvalue weighted by molar-refractivity contribution is 7.64. The first-order chi connectivity index (χ1) is 11.7. The lowest BCUT2D eigenvalue weighted by Crippen LogP contribution is -2.25. The number of hydrogen-bond acceptors (Lipinski definition) is 7. The Morgan fingerprint density at radius 2 is 1.16 bits per heavy atom. The van der Waals surface area contributed by atoms with Crippen molar-refractivity contribution in [3.63, 3.8) is 0 Å². The third-order valence-corrected chi connectivity index (χ3v) is 8.46. The first-order valence-electron chi connectivity index (χ1n) is 7.54. The van der Waals surface area contributed by atoms with E-state index in [4.69, 9.17) is 52.9 Å². The quantitative estimate of drug-likeness (QED) is 0.370. The van der Waals surface area contributed by atoms with E-state index in [1.807, 2.05) is 0 Å². The van der Waals surface area contributed by atoms with E-state index >= 15 is 0 Å². The molecular weight excluding hydrogens is 434 g/mol. The molecule has 0 amide bonds. The Balaban J connectivity index is 3.74. The maximum absolute atomic E-state index is 13.1. The molecule has 0 aliphatic rings. The van der Waals surface area contributed by atoms with Gasteiger partial charge in [-0.3, -0.25) is 9.13 Å². The van der Waals surface area contributed by atoms with Crippen molar-refractivity contribution in [1.29, 1.82) is 0 Å². The fourth-order valence-electron chi connectivity index (χ4n) is 1.92. The van der Waals surface area contributed by atoms with Crippen molar-refractivity contribution in [2.24, 2.45) is 0 Å². The van der Waals surface area contributed by atoms with Crippen LogP contribution < -0.4 is 10.7 Å². The first-order valence-corrected chi connectivity index (χ1v) is 11.8. The molecule has 1 aromatic rings. The largest absolute Gasteiger partial charge is 0.381 e. The van der Waals surface area contributed by atoms with Gasteiger partial charge >= 0.3 is 15.2 Å². The van der Waals surface area contributed by atoms with Gasteiger partial charge in [0.2, 0.25) is 0 Å². The van der Waals surface area contributed by atoms with Crippen LogP contribution in [0.15, 0.2) is 0 Å². The van der Waals surface area contributed by atoms with Crippen molar-refractivity contribution in [1.82, 2.24) is 4.98 Å². The van der Waals surface area contributed by atoms with Gasteiger partial charge < -0.3 is 18.1 Å². The minimum Gasteiger partial charge on any atom is -0.305 e. The van der Waals surface area contributed by atoms with Crippen LogP contribution in [0.2, 0.25) is 15.2 Å². The standard InChI is InChI=1S/C13H20Cl3NO6P2/c1-5-20-24(18,21-6-2)11-9(14)12(16)17-13(10(11)15)25(19,22-7-3)23-8-4/h5-8H2,1-4H3. The molecule has 0 aliphatic carbocycles. The number of aromatic nitrogens is 1. The number of hydrogen-bond donors (Lipinski definition) is 0. The smallest absolute Gasteiger partial charge is 0.305 e. The maximum atomic E-state index is 13.1. The molecule has 0 bridgehead atoms. The number of halogens is 3. The molecule has 0 aliphatic heterocycles. The molecule has 0 radical (unpaired) electrons. The van der Waals surface area contributed by atoms with Gasteiger partial charge in [0, 0.05) is 0 Å². The molecule has 25 heavy (non-hydrogen) atoms. The van der Waals surface area contributed by atoms with Gasteiger partial charge in [-0.1, -0.05) is 34.8 Å². The van der Waals surface area contributed by atoms with Crippen LogP contribution in [0.25, 0.3) is 0 Å². The summed E-state index contributed by atoms with van der Waals surface area (Å²) in [5, 5.41) is -0.977. The Labute approximate surface area is 162 Å². The summed E-state index contributed by atoms with van der Waals surface area (Å²) in [6.45, 7) is 6.78. The van der Waals surface area contributed by atoms with Gasteiger partial charge in [-0.15, -0.1) is 0 Å². The molecule has 0 saturated heterocycles. The van der Waals surface area contributed by atoms with Gasteiger partial charge in [-0.2, -0.15) is 0 Å². The fraction of sp³-hybridized carbons (Fsp3) is 0.615. The topological polar surface area (TPSA) is 84.0 Å². The molecule has 0 atom stereocenters. The van der Waals surface area contributed by atoms with Crippen LogP contribution >= 0.6 is 50.0 Å². The number of rotatable bonds is 10. The van der Waals surface area contributed by atoms with E-state index in [1.165, 1.54) is 0 Å². The van der Waals surface area contributed by atoms with Crippen LogP contribution in [0.1, 0.15) is 27.7 Å². The zero-order valence-corrected chi connectivity index (χ0v) is 18.3. The minimum absolute atomic E-state index is 0.0633. The van der Waals surface area contributed by atoms with Gasteiger partial charge in [-0.05, 0) is 27.7 Å². The van der Waals surface area contributed by atoms with Crippen molar-refractivity contribution in [3.05, 3.63) is 15.2 Å². The lowest BCUT2D eigenvalue weighted by Gasteiger charge is -2.23. The van der Waals surface area contributed by atoms with Crippen molar-refractivity contribution < 1.29 is 27.2 Å². The van der Waals surface area contributed by atoms with Crippen molar-refractivity contribution >= 4 is 60.7 Å². The second kappa shape index (κ2) is 10.0. The van der Waals surface area contributed by atoms with Crippen LogP contribution in [-0.2, 0) is 27.2 Å². The Hall–Kier alpha value is 0.320. The molecule has 0 spiro atoms. The van der Waals surface area contributed by atoms with Crippen molar-refractivity contribution in [2.45, 2.75) is 27.7 Å². The molecule has 7 nitrogen and oxygen atoms in total. The maximum Gasteiger partial charge on any atom is 0.381 e. The Bertz CT molecular complexity index is 683. The zero-order valence-electron chi connectivity index (χ0n) is 14.3. The van der Waals surface area contributed by atoms with E-state index in [0.29, 0.717) is 0 Å². The highest BCUT2D eigenvalue weighted by atomic mass is 35.5. The highest BCUT2D eigenvalue weighted by Crippen LogP contribution is 2.54. The second-order valence-corrected chi connectivity index (χ2v) is 9.38. The van der Waals surface area contributed by atoms with Gasteiger partial charge in [-0.25, -0.2) is 4.98 Å². The highest BCUT2D eigenvalue weighted by Gasteiger charge is 2.41. The molecule has 1 aromatic heterocycles. The molecule has 0 saturated carbocycles. The van der Waals surface area contributed by atoms with E-state index in [-0.39, 0.29) is 52.4 Å². The Morgan fingerprint density at radius 3 is 1.56 bits per heavy atom. The molecule has 0 aromatic carbocycles. The summed E-state index contributed by atoms with van der Waals surface area (Å²) in [6, 6.07) is 0. The molecule has 1 rings (SSSR count). The number of nitrogens with zero attached hydrogens (tertiary/aromatic N) is 1. The summed E-state index contributed by atoms with van der Waals surface area (Å²) in [7, 11) is -7.84. The van der Waals surface area contributed by atoms with Crippen LogP contribution in [0.3, 0.4) is 0 Å². The summed E-state index contributed by atoms with van der Waals surface area (Å²) in [6.07, 6.45) is 0. The lowest BCUT2D eigenvalue weighted by atomic mass is 10.5. The molecule has 0 fully saturated rings. The monoisotopic (exact) mass is 453 g/mol. The summed E-state index contributed by atoms with van der Waals surface area (Å²) in [5.41, 5.74) is -0.290. The van der Waals surface area contributed by atoms with E-state index in [2.05, 4.69) is 4.98 Å². The average molecular weight is 455 g/mol. The molecular formula is C13H20Cl3NO6P2. The predicted molar refractivity (Wildman–Crippen MR) is 100 cm³/mol. The first kappa shape index (κ1) is 23.4. The van der Waals surface area contributed by atoms with Crippen molar-refractivity contribution in [3.8, 4) is 0 Å². The summed E-state index contributed by atoms with van der Waals surface area (Å²) >= 11 is 18.5. The number of pyridine rings is 1. The van der Waals surface area contributed by atoms with Gasteiger partial charge in [0.15, 0.2) is 5.44 Å². The Morgan fingerprint density at radius 1 is 0.760 bits per heavy atom. The molecule has 12 heteroatoms. The lowest BCUT2D eigenvalue weighted by molar-refractivity contribution is 0.229. The molecule has 0 N–H and O–H groups in total. The summed E-state index contributed by atoms with van der Waals surface area (Å²) in [4.78, 5) is 3.93. The van der Waals surface area contributed by atoms with Crippen LogP contribution in [-0.4, -0.2) is 31.4 Å². The Kier molecular flexibility index (Phi) is 9.37. The third kappa shape index (κ3) is 5.19. The van der Waals surface area contributed by atoms with Gasteiger partial charge in [0.1, 0.15) is 10.5 Å². The molecule has 144 valence electrons. The van der Waals surface area contributed by atoms with Crippen LogP contribution in [0.4, 0.5) is 0 Å². The van der Waals surface area contributed by atoms with Crippen molar-refractivity contribution in [2.75, 3.05) is 26.4 Å². The molecule has 0 unspecified atom stereocenters. The summed E-state index contributed by atoms with van der Waals surface area (Å²) in [5.74, 6) is 0. The van der Waals surface area contributed by atoms with Gasteiger partial charge in [0.05, 0.1) is 36.5 Å². The van der Waals surface area contributed by atoms with E-state index in [9.17, 15) is 9.13 Å². The van der Waals surface area contributed by atoms with Crippen LogP contribution in [0.5, 0.6) is 0 Å². The SMILES string of the molecule is CCOP(=O)(OCC)c1nc(Cl)c(Cl)c(P(=O)(OCC)OCC)c1Cl. The van der Waals surface area contributed by atoms with E-state index in [1.54, 1.807) is 27.7 Å². The van der Waals surface area contributed by atoms with Gasteiger partial charge in [0.25, 0.3) is 0 Å². The fourth-order valence-corrected chi connectivity index (χ4v) is 6.84. The van der Waals surface area contributed by atoms with Crippen LogP contribution in [0, 0.1) is 0 Å². The second-order valence-electron chi connectivity index (χ2n) is 4.37. The predicted octanol–water partition coefficient (Wildman–Crippen LogP) is 4.82. The molecule has 1 heterocycles. The normalized spacial score (nSPS) is 12.6. The zero-order chi connectivity index (χ0) is 19.3.